The van der Waals surface area contributed by atoms with Crippen LogP contribution in [-0.4, -0.2) is 20.2 Å². The van der Waals surface area contributed by atoms with E-state index in [9.17, 15) is 14.9 Å². The van der Waals surface area contributed by atoms with Crippen LogP contribution in [0.5, 0.6) is 0 Å². The van der Waals surface area contributed by atoms with Gasteiger partial charge >= 0.3 is 5.69 Å². The first kappa shape index (κ1) is 16.2. The van der Waals surface area contributed by atoms with Gasteiger partial charge in [0.1, 0.15) is 11.8 Å². The van der Waals surface area contributed by atoms with Gasteiger partial charge in [0, 0.05) is 11.2 Å². The first-order valence-corrected chi connectivity index (χ1v) is 8.30. The van der Waals surface area contributed by atoms with E-state index >= 15 is 0 Å². The third-order valence-corrected chi connectivity index (χ3v) is 4.76. The third-order valence-electron chi connectivity index (χ3n) is 4.51. The van der Waals surface area contributed by atoms with Crippen LogP contribution in [0.4, 0.5) is 0 Å². The Morgan fingerprint density at radius 2 is 1.92 bits per heavy atom. The van der Waals surface area contributed by atoms with E-state index in [1.54, 1.807) is 6.07 Å². The summed E-state index contributed by atoms with van der Waals surface area (Å²) in [5.41, 5.74) is 1.52. The van der Waals surface area contributed by atoms with Crippen LogP contribution in [0.25, 0.3) is 11.3 Å². The molecule has 0 aliphatic heterocycles. The molecule has 0 saturated heterocycles. The molecule has 1 saturated carbocycles. The summed E-state index contributed by atoms with van der Waals surface area (Å²) in [4.78, 5) is 27.7. The van der Waals surface area contributed by atoms with Gasteiger partial charge in [-0.1, -0.05) is 23.7 Å². The zero-order chi connectivity index (χ0) is 18.3. The molecular weight excluding hydrogens is 354 g/mol. The van der Waals surface area contributed by atoms with Crippen molar-refractivity contribution in [2.75, 3.05) is 0 Å². The molecule has 1 fully saturated rings. The van der Waals surface area contributed by atoms with Crippen LogP contribution in [-0.2, 0) is 0 Å². The second kappa shape index (κ2) is 6.24. The lowest BCUT2D eigenvalue weighted by Crippen LogP contribution is -2.23. The first-order valence-electron chi connectivity index (χ1n) is 7.92. The van der Waals surface area contributed by atoms with Gasteiger partial charge in [-0.3, -0.25) is 9.78 Å². The van der Waals surface area contributed by atoms with Crippen molar-refractivity contribution in [1.29, 1.82) is 5.26 Å². The SMILES string of the molecule is N#Cc1nnc(-c2c[nH]c(=O)[nH]c2=O)cc1C1CC1c1ccc(Cl)cc1. The predicted molar refractivity (Wildman–Crippen MR) is 95.0 cm³/mol. The Morgan fingerprint density at radius 3 is 2.62 bits per heavy atom. The number of benzene rings is 1. The minimum Gasteiger partial charge on any atom is -0.313 e. The minimum absolute atomic E-state index is 0.127. The second-order valence-corrected chi connectivity index (χ2v) is 6.57. The van der Waals surface area contributed by atoms with Crippen LogP contribution in [0.3, 0.4) is 0 Å². The lowest BCUT2D eigenvalue weighted by molar-refractivity contribution is 0.934. The maximum absolute atomic E-state index is 12.0. The molecule has 7 nitrogen and oxygen atoms in total. The van der Waals surface area contributed by atoms with Gasteiger partial charge in [-0.15, -0.1) is 10.2 Å². The van der Waals surface area contributed by atoms with Crippen molar-refractivity contribution in [2.45, 2.75) is 18.3 Å². The van der Waals surface area contributed by atoms with Crippen LogP contribution in [0.1, 0.15) is 35.1 Å². The molecule has 2 atom stereocenters. The Balaban J connectivity index is 1.72. The Hall–Kier alpha value is -3.24. The number of rotatable bonds is 3. The number of halogens is 1. The van der Waals surface area contributed by atoms with Gasteiger partial charge in [-0.05, 0) is 47.6 Å². The van der Waals surface area contributed by atoms with E-state index in [0.717, 1.165) is 17.5 Å². The first-order chi connectivity index (χ1) is 12.6. The highest BCUT2D eigenvalue weighted by Gasteiger charge is 2.41. The molecule has 2 aromatic heterocycles. The molecule has 1 aromatic carbocycles. The molecule has 8 heteroatoms. The number of hydrogen-bond donors (Lipinski definition) is 2. The summed E-state index contributed by atoms with van der Waals surface area (Å²) in [6.45, 7) is 0. The van der Waals surface area contributed by atoms with E-state index in [4.69, 9.17) is 11.6 Å². The lowest BCUT2D eigenvalue weighted by atomic mass is 10.0. The van der Waals surface area contributed by atoms with E-state index in [2.05, 4.69) is 26.2 Å². The number of nitriles is 1. The fraction of sp³-hybridized carbons (Fsp3) is 0.167. The highest BCUT2D eigenvalue weighted by molar-refractivity contribution is 6.30. The smallest absolute Gasteiger partial charge is 0.313 e. The molecule has 0 bridgehead atoms. The monoisotopic (exact) mass is 365 g/mol. The summed E-state index contributed by atoms with van der Waals surface area (Å²) in [7, 11) is 0. The van der Waals surface area contributed by atoms with Gasteiger partial charge in [-0.25, -0.2) is 4.79 Å². The van der Waals surface area contributed by atoms with Crippen LogP contribution < -0.4 is 11.2 Å². The van der Waals surface area contributed by atoms with Crippen molar-refractivity contribution >= 4 is 11.6 Å². The summed E-state index contributed by atoms with van der Waals surface area (Å²) in [5.74, 6) is 0.396. The zero-order valence-electron chi connectivity index (χ0n) is 13.4. The van der Waals surface area contributed by atoms with E-state index in [0.29, 0.717) is 10.7 Å². The molecule has 0 amide bonds. The highest BCUT2D eigenvalue weighted by atomic mass is 35.5. The summed E-state index contributed by atoms with van der Waals surface area (Å²) >= 11 is 5.93. The van der Waals surface area contributed by atoms with Gasteiger partial charge < -0.3 is 4.98 Å². The quantitative estimate of drug-likeness (QED) is 0.739. The number of nitrogens with one attached hydrogen (secondary N) is 2. The molecule has 4 rings (SSSR count). The second-order valence-electron chi connectivity index (χ2n) is 6.13. The molecule has 0 radical (unpaired) electrons. The number of aromatic nitrogens is 4. The van der Waals surface area contributed by atoms with Gasteiger partial charge in [-0.2, -0.15) is 5.26 Å². The normalized spacial score (nSPS) is 18.3. The summed E-state index contributed by atoms with van der Waals surface area (Å²) in [6.07, 6.45) is 2.17. The van der Waals surface area contributed by atoms with Crippen molar-refractivity contribution < 1.29 is 0 Å². The highest BCUT2D eigenvalue weighted by Crippen LogP contribution is 2.55. The maximum atomic E-state index is 12.0. The number of hydrogen-bond acceptors (Lipinski definition) is 5. The summed E-state index contributed by atoms with van der Waals surface area (Å²) in [5, 5.41) is 18.0. The van der Waals surface area contributed by atoms with E-state index in [1.165, 1.54) is 6.20 Å². The molecule has 2 N–H and O–H groups in total. The molecule has 1 aliphatic carbocycles. The molecular formula is C18H12ClN5O2. The average Bonchev–Trinajstić information content (AvgIpc) is 3.42. The molecule has 2 unspecified atom stereocenters. The Morgan fingerprint density at radius 1 is 1.15 bits per heavy atom. The Bertz CT molecular complexity index is 1140. The van der Waals surface area contributed by atoms with Crippen molar-refractivity contribution in [3.63, 3.8) is 0 Å². The van der Waals surface area contributed by atoms with Crippen molar-refractivity contribution in [3.8, 4) is 17.3 Å². The maximum Gasteiger partial charge on any atom is 0.325 e. The van der Waals surface area contributed by atoms with Crippen molar-refractivity contribution in [2.24, 2.45) is 0 Å². The number of nitrogens with zero attached hydrogens (tertiary/aromatic N) is 3. The minimum atomic E-state index is -0.592. The van der Waals surface area contributed by atoms with E-state index in [1.807, 2.05) is 24.3 Å². The fourth-order valence-electron chi connectivity index (χ4n) is 3.12. The van der Waals surface area contributed by atoms with Gasteiger partial charge in [0.05, 0.1) is 5.56 Å². The van der Waals surface area contributed by atoms with Crippen LogP contribution in [0.15, 0.2) is 46.1 Å². The van der Waals surface area contributed by atoms with E-state index in [-0.39, 0.29) is 23.1 Å². The zero-order valence-corrected chi connectivity index (χ0v) is 14.1. The standard InChI is InChI=1S/C18H12ClN5O2/c19-10-3-1-9(2-4-10)11-5-12(11)13-6-15(23-24-16(13)7-20)14-8-21-18(26)22-17(14)25/h1-4,6,8,11-12H,5H2,(H2,21,22,25,26). The van der Waals surface area contributed by atoms with Crippen molar-refractivity contribution in [1.82, 2.24) is 20.2 Å². The number of H-pyrrole nitrogens is 2. The Kier molecular flexibility index (Phi) is 3.90. The molecule has 26 heavy (non-hydrogen) atoms. The molecule has 2 heterocycles. The Labute approximate surface area is 152 Å². The largest absolute Gasteiger partial charge is 0.325 e. The predicted octanol–water partition coefficient (Wildman–Crippen LogP) is 2.32. The lowest BCUT2D eigenvalue weighted by Gasteiger charge is -2.06. The molecule has 1 aliphatic rings. The van der Waals surface area contributed by atoms with Gasteiger partial charge in [0.15, 0.2) is 5.69 Å². The summed E-state index contributed by atoms with van der Waals surface area (Å²) < 4.78 is 0. The van der Waals surface area contributed by atoms with Gasteiger partial charge in [0.2, 0.25) is 0 Å². The van der Waals surface area contributed by atoms with Gasteiger partial charge in [0.25, 0.3) is 5.56 Å². The van der Waals surface area contributed by atoms with Crippen LogP contribution >= 0.6 is 11.6 Å². The number of aromatic amines is 2. The van der Waals surface area contributed by atoms with E-state index < -0.39 is 11.2 Å². The topological polar surface area (TPSA) is 115 Å². The van der Waals surface area contributed by atoms with Crippen molar-refractivity contribution in [3.05, 3.63) is 79.2 Å². The average molecular weight is 366 g/mol. The van der Waals surface area contributed by atoms with Crippen LogP contribution in [0.2, 0.25) is 5.02 Å². The summed E-state index contributed by atoms with van der Waals surface area (Å²) in [6, 6.07) is 11.4. The molecule has 128 valence electrons. The molecule has 0 spiro atoms. The van der Waals surface area contributed by atoms with Crippen LogP contribution in [0, 0.1) is 11.3 Å². The fourth-order valence-corrected chi connectivity index (χ4v) is 3.25. The third kappa shape index (κ3) is 2.91. The molecule has 3 aromatic rings.